The summed E-state index contributed by atoms with van der Waals surface area (Å²) in [7, 11) is 0. The molecule has 3 heterocycles. The van der Waals surface area contributed by atoms with Crippen LogP contribution in [0.1, 0.15) is 40.5 Å². The summed E-state index contributed by atoms with van der Waals surface area (Å²) in [5.74, 6) is -1.58. The molecule has 0 spiro atoms. The quantitative estimate of drug-likeness (QED) is 0.758. The van der Waals surface area contributed by atoms with Crippen molar-refractivity contribution in [3.8, 4) is 0 Å². The Kier molecular flexibility index (Phi) is 2.93. The summed E-state index contributed by atoms with van der Waals surface area (Å²) in [5.41, 5.74) is 0.709. The Bertz CT molecular complexity index is 606. The maximum absolute atomic E-state index is 12.3. The third kappa shape index (κ3) is 1.62. The first-order valence-electron chi connectivity index (χ1n) is 6.34. The molecule has 0 radical (unpaired) electrons. The topological polar surface area (TPSA) is 74.8 Å². The predicted molar refractivity (Wildman–Crippen MR) is 70.2 cm³/mol. The normalized spacial score (nSPS) is 22.8. The first-order valence-corrected chi connectivity index (χ1v) is 7.28. The van der Waals surface area contributed by atoms with Crippen molar-refractivity contribution in [2.75, 3.05) is 6.54 Å². The maximum Gasteiger partial charge on any atom is 0.263 e. The number of carbonyl (C=O) groups is 4. The van der Waals surface area contributed by atoms with Gasteiger partial charge in [0.05, 0.1) is 11.1 Å². The third-order valence-electron chi connectivity index (χ3n) is 3.67. The lowest BCUT2D eigenvalue weighted by atomic mass is 10.0. The highest BCUT2D eigenvalue weighted by atomic mass is 32.1. The molecule has 1 unspecified atom stereocenters. The standard InChI is InChI=1S/C13H12N2O4S/c1-2-14-10(16)4-3-9(13(14)19)15-11(17)7-5-20-6-8(7)12(15)18/h5-6,9H,2-4H2,1H3. The average Bonchev–Trinajstić information content (AvgIpc) is 2.98. The maximum atomic E-state index is 12.3. The number of nitrogens with zero attached hydrogens (tertiary/aromatic N) is 2. The summed E-state index contributed by atoms with van der Waals surface area (Å²) >= 11 is 1.29. The van der Waals surface area contributed by atoms with Gasteiger partial charge in [-0.2, -0.15) is 11.3 Å². The van der Waals surface area contributed by atoms with E-state index in [9.17, 15) is 19.2 Å². The van der Waals surface area contributed by atoms with Gasteiger partial charge in [-0.15, -0.1) is 0 Å². The van der Waals surface area contributed by atoms with E-state index in [0.29, 0.717) is 11.1 Å². The van der Waals surface area contributed by atoms with Gasteiger partial charge >= 0.3 is 0 Å². The summed E-state index contributed by atoms with van der Waals surface area (Å²) < 4.78 is 0. The highest BCUT2D eigenvalue weighted by Crippen LogP contribution is 2.30. The number of likely N-dealkylation sites (N-methyl/N-ethyl adjacent to an activating group) is 1. The predicted octanol–water partition coefficient (Wildman–Crippen LogP) is 0.882. The molecule has 2 aliphatic heterocycles. The molecule has 0 bridgehead atoms. The molecule has 3 rings (SSSR count). The van der Waals surface area contributed by atoms with Crippen molar-refractivity contribution in [2.45, 2.75) is 25.8 Å². The molecular formula is C13H12N2O4S. The van der Waals surface area contributed by atoms with Crippen LogP contribution in [0.5, 0.6) is 0 Å². The second kappa shape index (κ2) is 4.52. The Morgan fingerprint density at radius 3 is 2.30 bits per heavy atom. The largest absolute Gasteiger partial charge is 0.281 e. The summed E-state index contributed by atoms with van der Waals surface area (Å²) in [6.45, 7) is 1.95. The zero-order valence-corrected chi connectivity index (χ0v) is 11.6. The highest BCUT2D eigenvalue weighted by molar-refractivity contribution is 7.08. The van der Waals surface area contributed by atoms with E-state index in [0.717, 1.165) is 9.80 Å². The number of carbonyl (C=O) groups excluding carboxylic acids is 4. The Morgan fingerprint density at radius 2 is 1.75 bits per heavy atom. The van der Waals surface area contributed by atoms with E-state index >= 15 is 0 Å². The summed E-state index contributed by atoms with van der Waals surface area (Å²) in [5, 5.41) is 3.23. The molecule has 6 nitrogen and oxygen atoms in total. The van der Waals surface area contributed by atoms with Crippen LogP contribution >= 0.6 is 11.3 Å². The molecular weight excluding hydrogens is 280 g/mol. The molecule has 104 valence electrons. The smallest absolute Gasteiger partial charge is 0.263 e. The number of likely N-dealkylation sites (tertiary alicyclic amines) is 1. The van der Waals surface area contributed by atoms with Crippen LogP contribution in [0.3, 0.4) is 0 Å². The van der Waals surface area contributed by atoms with Gasteiger partial charge in [-0.25, -0.2) is 0 Å². The van der Waals surface area contributed by atoms with Crippen molar-refractivity contribution < 1.29 is 19.2 Å². The lowest BCUT2D eigenvalue weighted by molar-refractivity contribution is -0.151. The molecule has 0 aromatic carbocycles. The monoisotopic (exact) mass is 292 g/mol. The minimum Gasteiger partial charge on any atom is -0.281 e. The van der Waals surface area contributed by atoms with Gasteiger partial charge in [0, 0.05) is 23.7 Å². The minimum atomic E-state index is -0.856. The lowest BCUT2D eigenvalue weighted by Gasteiger charge is -2.33. The van der Waals surface area contributed by atoms with Crippen LogP contribution in [0.4, 0.5) is 0 Å². The summed E-state index contributed by atoms with van der Waals surface area (Å²) in [6, 6.07) is -0.856. The molecule has 1 aromatic rings. The van der Waals surface area contributed by atoms with Crippen LogP contribution in [-0.4, -0.2) is 46.0 Å². The number of imide groups is 2. The van der Waals surface area contributed by atoms with Crippen LogP contribution in [-0.2, 0) is 9.59 Å². The number of hydrogen-bond donors (Lipinski definition) is 0. The first-order chi connectivity index (χ1) is 9.56. The Balaban J connectivity index is 1.93. The van der Waals surface area contributed by atoms with Crippen LogP contribution in [0.2, 0.25) is 0 Å². The van der Waals surface area contributed by atoms with Crippen molar-refractivity contribution in [2.24, 2.45) is 0 Å². The van der Waals surface area contributed by atoms with Gasteiger partial charge in [-0.05, 0) is 13.3 Å². The van der Waals surface area contributed by atoms with Crippen LogP contribution < -0.4 is 0 Å². The number of thiophene rings is 1. The lowest BCUT2D eigenvalue weighted by Crippen LogP contribution is -2.55. The van der Waals surface area contributed by atoms with E-state index in [2.05, 4.69) is 0 Å². The first kappa shape index (κ1) is 13.0. The van der Waals surface area contributed by atoms with Gasteiger partial charge in [0.2, 0.25) is 5.91 Å². The SMILES string of the molecule is CCN1C(=O)CCC(N2C(=O)c3cscc3C2=O)C1=O. The molecule has 1 aromatic heterocycles. The summed E-state index contributed by atoms with van der Waals surface area (Å²) in [4.78, 5) is 50.5. The van der Waals surface area contributed by atoms with E-state index in [1.807, 2.05) is 0 Å². The molecule has 1 saturated heterocycles. The van der Waals surface area contributed by atoms with Gasteiger partial charge in [-0.3, -0.25) is 29.0 Å². The van der Waals surface area contributed by atoms with E-state index < -0.39 is 23.8 Å². The van der Waals surface area contributed by atoms with Gasteiger partial charge in [-0.1, -0.05) is 0 Å². The zero-order chi connectivity index (χ0) is 14.4. The van der Waals surface area contributed by atoms with E-state index in [-0.39, 0.29) is 25.3 Å². The molecule has 20 heavy (non-hydrogen) atoms. The number of rotatable bonds is 2. The molecule has 1 fully saturated rings. The number of piperidine rings is 1. The molecule has 7 heteroatoms. The molecule has 2 aliphatic rings. The Labute approximate surface area is 119 Å². The number of fused-ring (bicyclic) bond motifs is 1. The highest BCUT2D eigenvalue weighted by Gasteiger charge is 2.46. The Hall–Kier alpha value is -2.02. The minimum absolute atomic E-state index is 0.175. The molecule has 0 aliphatic carbocycles. The summed E-state index contributed by atoms with van der Waals surface area (Å²) in [6.07, 6.45) is 0.382. The molecule has 4 amide bonds. The van der Waals surface area contributed by atoms with Gasteiger partial charge in [0.1, 0.15) is 6.04 Å². The fraction of sp³-hybridized carbons (Fsp3) is 0.385. The fourth-order valence-corrected chi connectivity index (χ4v) is 3.45. The van der Waals surface area contributed by atoms with Gasteiger partial charge in [0.15, 0.2) is 0 Å². The Morgan fingerprint density at radius 1 is 1.15 bits per heavy atom. The van der Waals surface area contributed by atoms with Crippen LogP contribution in [0, 0.1) is 0 Å². The van der Waals surface area contributed by atoms with Crippen LogP contribution in [0.15, 0.2) is 10.8 Å². The van der Waals surface area contributed by atoms with E-state index in [1.165, 1.54) is 11.3 Å². The van der Waals surface area contributed by atoms with E-state index in [1.54, 1.807) is 17.7 Å². The average molecular weight is 292 g/mol. The zero-order valence-electron chi connectivity index (χ0n) is 10.8. The van der Waals surface area contributed by atoms with Crippen molar-refractivity contribution in [1.82, 2.24) is 9.80 Å². The third-order valence-corrected chi connectivity index (χ3v) is 4.42. The molecule has 0 saturated carbocycles. The van der Waals surface area contributed by atoms with Crippen molar-refractivity contribution >= 4 is 35.0 Å². The fourth-order valence-electron chi connectivity index (χ4n) is 2.66. The van der Waals surface area contributed by atoms with Gasteiger partial charge < -0.3 is 0 Å². The molecule has 0 N–H and O–H groups in total. The number of hydrogen-bond acceptors (Lipinski definition) is 5. The van der Waals surface area contributed by atoms with Crippen molar-refractivity contribution in [3.05, 3.63) is 21.9 Å². The van der Waals surface area contributed by atoms with Crippen molar-refractivity contribution in [3.63, 3.8) is 0 Å². The van der Waals surface area contributed by atoms with Gasteiger partial charge in [0.25, 0.3) is 17.7 Å². The van der Waals surface area contributed by atoms with Crippen LogP contribution in [0.25, 0.3) is 0 Å². The second-order valence-corrected chi connectivity index (χ2v) is 5.45. The second-order valence-electron chi connectivity index (χ2n) is 4.71. The van der Waals surface area contributed by atoms with E-state index in [4.69, 9.17) is 0 Å². The number of amides is 4. The molecule has 1 atom stereocenters. The van der Waals surface area contributed by atoms with Crippen molar-refractivity contribution in [1.29, 1.82) is 0 Å².